The fourth-order valence-corrected chi connectivity index (χ4v) is 1.51. The number of nitrogens with zero attached hydrogens (tertiary/aromatic N) is 1. The van der Waals surface area contributed by atoms with Crippen molar-refractivity contribution in [3.05, 3.63) is 35.4 Å². The van der Waals surface area contributed by atoms with Crippen LogP contribution in [0.15, 0.2) is 18.2 Å². The molecule has 1 N–H and O–H groups in total. The molecular formula is C13H18F2N2O. The zero-order chi connectivity index (χ0) is 13.5. The van der Waals surface area contributed by atoms with Gasteiger partial charge in [0.2, 0.25) is 5.91 Å². The first-order chi connectivity index (χ1) is 8.54. The van der Waals surface area contributed by atoms with E-state index in [9.17, 15) is 13.6 Å². The maximum Gasteiger partial charge on any atom is 0.236 e. The number of carbonyl (C=O) groups is 1. The summed E-state index contributed by atoms with van der Waals surface area (Å²) < 4.78 is 25.7. The first-order valence-corrected chi connectivity index (χ1v) is 5.93. The number of halogens is 2. The molecule has 0 unspecified atom stereocenters. The molecule has 0 aliphatic carbocycles. The second-order valence-electron chi connectivity index (χ2n) is 4.18. The van der Waals surface area contributed by atoms with Crippen molar-refractivity contribution in [2.75, 3.05) is 20.1 Å². The van der Waals surface area contributed by atoms with E-state index >= 15 is 0 Å². The molecule has 5 heteroatoms. The Morgan fingerprint density at radius 3 is 2.67 bits per heavy atom. The Labute approximate surface area is 106 Å². The lowest BCUT2D eigenvalue weighted by molar-refractivity contribution is -0.129. The van der Waals surface area contributed by atoms with Crippen molar-refractivity contribution in [2.45, 2.75) is 19.9 Å². The normalized spacial score (nSPS) is 10.4. The molecule has 0 fully saturated rings. The maximum atomic E-state index is 13.0. The van der Waals surface area contributed by atoms with E-state index in [1.54, 1.807) is 7.05 Å². The van der Waals surface area contributed by atoms with E-state index in [-0.39, 0.29) is 19.0 Å². The quantitative estimate of drug-likeness (QED) is 0.789. The first-order valence-electron chi connectivity index (χ1n) is 5.93. The van der Waals surface area contributed by atoms with Gasteiger partial charge in [0.05, 0.1) is 6.54 Å². The molecule has 0 saturated carbocycles. The summed E-state index contributed by atoms with van der Waals surface area (Å²) in [6.45, 7) is 3.32. The number of nitrogens with one attached hydrogen (secondary N) is 1. The van der Waals surface area contributed by atoms with Gasteiger partial charge in [0.15, 0.2) is 11.6 Å². The summed E-state index contributed by atoms with van der Waals surface area (Å²) in [7, 11) is 1.64. The summed E-state index contributed by atoms with van der Waals surface area (Å²) in [4.78, 5) is 13.2. The van der Waals surface area contributed by atoms with Crippen molar-refractivity contribution in [3.63, 3.8) is 0 Å². The van der Waals surface area contributed by atoms with Crippen LogP contribution < -0.4 is 5.32 Å². The molecule has 0 aromatic heterocycles. The maximum absolute atomic E-state index is 13.0. The average molecular weight is 256 g/mol. The summed E-state index contributed by atoms with van der Waals surface area (Å²) in [6.07, 6.45) is 0.958. The fourth-order valence-electron chi connectivity index (χ4n) is 1.51. The molecule has 0 aliphatic rings. The highest BCUT2D eigenvalue weighted by Crippen LogP contribution is 2.10. The summed E-state index contributed by atoms with van der Waals surface area (Å²) in [5.41, 5.74) is 0.570. The van der Waals surface area contributed by atoms with Crippen LogP contribution in [0.3, 0.4) is 0 Å². The van der Waals surface area contributed by atoms with Gasteiger partial charge in [0.1, 0.15) is 0 Å². The highest BCUT2D eigenvalue weighted by molar-refractivity contribution is 5.77. The lowest BCUT2D eigenvalue weighted by Crippen LogP contribution is -2.35. The Bertz CT molecular complexity index is 410. The minimum Gasteiger partial charge on any atom is -0.340 e. The van der Waals surface area contributed by atoms with Crippen LogP contribution in [-0.2, 0) is 11.3 Å². The van der Waals surface area contributed by atoms with Crippen LogP contribution in [0.25, 0.3) is 0 Å². The SMILES string of the molecule is CCCNCC(=O)N(C)Cc1ccc(F)c(F)c1. The van der Waals surface area contributed by atoms with Crippen LogP contribution in [0.4, 0.5) is 8.78 Å². The van der Waals surface area contributed by atoms with E-state index in [0.29, 0.717) is 5.56 Å². The van der Waals surface area contributed by atoms with Gasteiger partial charge in [-0.15, -0.1) is 0 Å². The van der Waals surface area contributed by atoms with Crippen molar-refractivity contribution in [3.8, 4) is 0 Å². The van der Waals surface area contributed by atoms with Gasteiger partial charge in [0, 0.05) is 13.6 Å². The second-order valence-corrected chi connectivity index (χ2v) is 4.18. The molecule has 0 aliphatic heterocycles. The van der Waals surface area contributed by atoms with Crippen LogP contribution in [0.5, 0.6) is 0 Å². The van der Waals surface area contributed by atoms with Crippen LogP contribution >= 0.6 is 0 Å². The number of carbonyl (C=O) groups excluding carboxylic acids is 1. The number of benzene rings is 1. The van der Waals surface area contributed by atoms with Crippen molar-refractivity contribution < 1.29 is 13.6 Å². The lowest BCUT2D eigenvalue weighted by atomic mass is 10.2. The minimum atomic E-state index is -0.891. The Hall–Kier alpha value is -1.49. The molecule has 1 aromatic carbocycles. The summed E-state index contributed by atoms with van der Waals surface area (Å²) >= 11 is 0. The fraction of sp³-hybridized carbons (Fsp3) is 0.462. The Balaban J connectivity index is 2.50. The number of hydrogen-bond donors (Lipinski definition) is 1. The predicted molar refractivity (Wildman–Crippen MR) is 66.0 cm³/mol. The third kappa shape index (κ3) is 4.41. The van der Waals surface area contributed by atoms with E-state index < -0.39 is 11.6 Å². The third-order valence-electron chi connectivity index (χ3n) is 2.53. The van der Waals surface area contributed by atoms with E-state index in [2.05, 4.69) is 5.32 Å². The number of rotatable bonds is 6. The molecule has 1 aromatic rings. The largest absolute Gasteiger partial charge is 0.340 e. The molecule has 0 heterocycles. The van der Waals surface area contributed by atoms with Gasteiger partial charge in [0.25, 0.3) is 0 Å². The monoisotopic (exact) mass is 256 g/mol. The number of hydrogen-bond acceptors (Lipinski definition) is 2. The molecule has 3 nitrogen and oxygen atoms in total. The van der Waals surface area contributed by atoms with E-state index in [1.165, 1.54) is 11.0 Å². The van der Waals surface area contributed by atoms with Gasteiger partial charge in [-0.25, -0.2) is 8.78 Å². The summed E-state index contributed by atoms with van der Waals surface area (Å²) in [5, 5.41) is 3.00. The Morgan fingerprint density at radius 1 is 1.33 bits per heavy atom. The molecule has 1 rings (SSSR count). The molecule has 18 heavy (non-hydrogen) atoms. The number of likely N-dealkylation sites (N-methyl/N-ethyl adjacent to an activating group) is 1. The zero-order valence-corrected chi connectivity index (χ0v) is 10.7. The molecular weight excluding hydrogens is 238 g/mol. The molecule has 0 radical (unpaired) electrons. The number of amides is 1. The van der Waals surface area contributed by atoms with E-state index in [0.717, 1.165) is 25.1 Å². The van der Waals surface area contributed by atoms with Gasteiger partial charge >= 0.3 is 0 Å². The van der Waals surface area contributed by atoms with Gasteiger partial charge in [-0.3, -0.25) is 4.79 Å². The van der Waals surface area contributed by atoms with Crippen LogP contribution in [0.1, 0.15) is 18.9 Å². The van der Waals surface area contributed by atoms with Gasteiger partial charge in [-0.05, 0) is 30.7 Å². The predicted octanol–water partition coefficient (Wildman–Crippen LogP) is 1.92. The zero-order valence-electron chi connectivity index (χ0n) is 10.7. The molecule has 0 spiro atoms. The van der Waals surface area contributed by atoms with Crippen molar-refractivity contribution in [2.24, 2.45) is 0 Å². The molecule has 0 atom stereocenters. The van der Waals surface area contributed by atoms with Crippen LogP contribution in [0.2, 0.25) is 0 Å². The minimum absolute atomic E-state index is 0.0758. The third-order valence-corrected chi connectivity index (χ3v) is 2.53. The van der Waals surface area contributed by atoms with Crippen LogP contribution in [-0.4, -0.2) is 30.9 Å². The van der Waals surface area contributed by atoms with Crippen molar-refractivity contribution >= 4 is 5.91 Å². The molecule has 100 valence electrons. The van der Waals surface area contributed by atoms with Crippen molar-refractivity contribution in [1.29, 1.82) is 0 Å². The first kappa shape index (κ1) is 14.6. The average Bonchev–Trinajstić information content (AvgIpc) is 2.34. The highest BCUT2D eigenvalue weighted by Gasteiger charge is 2.10. The topological polar surface area (TPSA) is 32.3 Å². The lowest BCUT2D eigenvalue weighted by Gasteiger charge is -2.17. The highest BCUT2D eigenvalue weighted by atomic mass is 19.2. The van der Waals surface area contributed by atoms with Crippen molar-refractivity contribution in [1.82, 2.24) is 10.2 Å². The standard InChI is InChI=1S/C13H18F2N2O/c1-3-6-16-8-13(18)17(2)9-10-4-5-11(14)12(15)7-10/h4-5,7,16H,3,6,8-9H2,1-2H3. The van der Waals surface area contributed by atoms with Gasteiger partial charge < -0.3 is 10.2 Å². The Morgan fingerprint density at radius 2 is 2.06 bits per heavy atom. The smallest absolute Gasteiger partial charge is 0.236 e. The summed E-state index contributed by atoms with van der Waals surface area (Å²) in [5.74, 6) is -1.84. The second kappa shape index (κ2) is 7.06. The molecule has 0 saturated heterocycles. The molecule has 0 bridgehead atoms. The van der Waals surface area contributed by atoms with Gasteiger partial charge in [-0.2, -0.15) is 0 Å². The van der Waals surface area contributed by atoms with E-state index in [4.69, 9.17) is 0 Å². The van der Waals surface area contributed by atoms with Gasteiger partial charge in [-0.1, -0.05) is 13.0 Å². The summed E-state index contributed by atoms with van der Waals surface area (Å²) in [6, 6.07) is 3.65. The molecule has 1 amide bonds. The van der Waals surface area contributed by atoms with Crippen LogP contribution in [0, 0.1) is 11.6 Å². The Kier molecular flexibility index (Phi) is 5.71. The van der Waals surface area contributed by atoms with E-state index in [1.807, 2.05) is 6.92 Å².